The number of hydrogen-bond donors (Lipinski definition) is 2. The average Bonchev–Trinajstić information content (AvgIpc) is 2.38. The monoisotopic (exact) mass is 291 g/mol. The quantitative estimate of drug-likeness (QED) is 0.841. The van der Waals surface area contributed by atoms with Crippen LogP contribution in [0, 0.1) is 5.41 Å². The summed E-state index contributed by atoms with van der Waals surface area (Å²) in [6.07, 6.45) is 1.90. The van der Waals surface area contributed by atoms with Gasteiger partial charge in [0.1, 0.15) is 5.82 Å². The van der Waals surface area contributed by atoms with Crippen molar-refractivity contribution in [3.8, 4) is 0 Å². The first kappa shape index (κ1) is 17.5. The van der Waals surface area contributed by atoms with Crippen LogP contribution in [0.25, 0.3) is 0 Å². The van der Waals surface area contributed by atoms with Crippen LogP contribution < -0.4 is 10.6 Å². The Labute approximate surface area is 128 Å². The maximum absolute atomic E-state index is 12.4. The lowest BCUT2D eigenvalue weighted by atomic mass is 9.88. The van der Waals surface area contributed by atoms with E-state index in [2.05, 4.69) is 43.3 Å². The van der Waals surface area contributed by atoms with Gasteiger partial charge in [0.25, 0.3) is 5.91 Å². The summed E-state index contributed by atoms with van der Waals surface area (Å²) in [6.45, 7) is 13.3. The largest absolute Gasteiger partial charge is 0.370 e. The molecule has 0 bridgehead atoms. The smallest absolute Gasteiger partial charge is 0.251 e. The van der Waals surface area contributed by atoms with Gasteiger partial charge in [-0.15, -0.1) is 0 Å². The van der Waals surface area contributed by atoms with E-state index in [9.17, 15) is 4.79 Å². The maximum atomic E-state index is 12.4. The van der Waals surface area contributed by atoms with Crippen LogP contribution in [0.3, 0.4) is 0 Å². The molecule has 0 radical (unpaired) electrons. The van der Waals surface area contributed by atoms with Crippen LogP contribution in [0.1, 0.15) is 64.0 Å². The molecule has 1 unspecified atom stereocenters. The van der Waals surface area contributed by atoms with Crippen molar-refractivity contribution in [1.29, 1.82) is 0 Å². The molecule has 1 heterocycles. The molecule has 4 heteroatoms. The van der Waals surface area contributed by atoms with Gasteiger partial charge in [0.2, 0.25) is 0 Å². The van der Waals surface area contributed by atoms with Gasteiger partial charge in [0, 0.05) is 23.8 Å². The number of carbonyl (C=O) groups is 1. The summed E-state index contributed by atoms with van der Waals surface area (Å²) < 4.78 is 0. The van der Waals surface area contributed by atoms with Crippen LogP contribution in [-0.2, 0) is 6.42 Å². The Kier molecular flexibility index (Phi) is 6.19. The molecule has 4 nitrogen and oxygen atoms in total. The van der Waals surface area contributed by atoms with E-state index in [1.54, 1.807) is 0 Å². The molecule has 1 rings (SSSR count). The molecule has 0 aliphatic heterocycles. The zero-order valence-corrected chi connectivity index (χ0v) is 14.2. The summed E-state index contributed by atoms with van der Waals surface area (Å²) in [7, 11) is 0. The van der Waals surface area contributed by atoms with Crippen LogP contribution >= 0.6 is 0 Å². The second kappa shape index (κ2) is 7.43. The van der Waals surface area contributed by atoms with E-state index in [-0.39, 0.29) is 17.4 Å². The van der Waals surface area contributed by atoms with Crippen molar-refractivity contribution in [3.05, 3.63) is 23.4 Å². The molecule has 118 valence electrons. The topological polar surface area (TPSA) is 54.0 Å². The van der Waals surface area contributed by atoms with Crippen LogP contribution in [0.4, 0.5) is 5.82 Å². The van der Waals surface area contributed by atoms with E-state index >= 15 is 0 Å². The zero-order valence-electron chi connectivity index (χ0n) is 14.2. The fourth-order valence-electron chi connectivity index (χ4n) is 1.87. The van der Waals surface area contributed by atoms with Gasteiger partial charge in [-0.25, -0.2) is 4.98 Å². The number of rotatable bonds is 6. The maximum Gasteiger partial charge on any atom is 0.251 e. The molecular weight excluding hydrogens is 262 g/mol. The fourth-order valence-corrected chi connectivity index (χ4v) is 1.87. The number of nitrogens with one attached hydrogen (secondary N) is 2. The minimum Gasteiger partial charge on any atom is -0.370 e. The van der Waals surface area contributed by atoms with Crippen molar-refractivity contribution in [2.24, 2.45) is 5.41 Å². The van der Waals surface area contributed by atoms with Gasteiger partial charge in [0.05, 0.1) is 0 Å². The fraction of sp³-hybridized carbons (Fsp3) is 0.647. The van der Waals surface area contributed by atoms with E-state index in [1.807, 2.05) is 26.0 Å². The minimum atomic E-state index is -0.0312. The number of nitrogens with zero attached hydrogens (tertiary/aromatic N) is 1. The summed E-state index contributed by atoms with van der Waals surface area (Å²) in [5.41, 5.74) is 1.68. The highest BCUT2D eigenvalue weighted by Crippen LogP contribution is 2.19. The number of amides is 1. The van der Waals surface area contributed by atoms with Crippen molar-refractivity contribution in [2.45, 2.75) is 60.4 Å². The first-order valence-corrected chi connectivity index (χ1v) is 7.83. The number of carbonyl (C=O) groups excluding carboxylic acids is 1. The minimum absolute atomic E-state index is 0.0312. The Morgan fingerprint density at radius 3 is 2.48 bits per heavy atom. The third-order valence-electron chi connectivity index (χ3n) is 3.65. The molecule has 0 aliphatic carbocycles. The molecule has 0 aromatic carbocycles. The first-order valence-electron chi connectivity index (χ1n) is 7.83. The summed E-state index contributed by atoms with van der Waals surface area (Å²) in [4.78, 5) is 17.0. The Morgan fingerprint density at radius 1 is 1.29 bits per heavy atom. The number of anilines is 1. The van der Waals surface area contributed by atoms with Gasteiger partial charge < -0.3 is 10.6 Å². The normalized spacial score (nSPS) is 12.9. The summed E-state index contributed by atoms with van der Waals surface area (Å²) in [5.74, 6) is 0.744. The molecule has 0 fully saturated rings. The van der Waals surface area contributed by atoms with Crippen molar-refractivity contribution < 1.29 is 4.79 Å². The van der Waals surface area contributed by atoms with E-state index in [0.717, 1.165) is 30.9 Å². The molecule has 1 aromatic rings. The molecule has 1 aromatic heterocycles. The SMILES string of the molecule is CCCc1cc(C(=O)NC(C)C(C)(C)C)cc(NCC)n1. The lowest BCUT2D eigenvalue weighted by Crippen LogP contribution is -2.41. The average molecular weight is 291 g/mol. The number of hydrogen-bond acceptors (Lipinski definition) is 3. The van der Waals surface area contributed by atoms with Crippen molar-refractivity contribution >= 4 is 11.7 Å². The van der Waals surface area contributed by atoms with Gasteiger partial charge in [-0.3, -0.25) is 4.79 Å². The Hall–Kier alpha value is -1.58. The standard InChI is InChI=1S/C17H29N3O/c1-7-9-14-10-13(11-15(20-14)18-8-2)16(21)19-12(3)17(4,5)6/h10-12H,7-9H2,1-6H3,(H,18,20)(H,19,21). The number of aryl methyl sites for hydroxylation is 1. The predicted octanol–water partition coefficient (Wildman–Crippen LogP) is 3.63. The molecule has 0 aliphatic rings. The van der Waals surface area contributed by atoms with Crippen LogP contribution in [0.5, 0.6) is 0 Å². The molecule has 1 atom stereocenters. The van der Waals surface area contributed by atoms with Crippen LogP contribution in [-0.4, -0.2) is 23.5 Å². The van der Waals surface area contributed by atoms with Gasteiger partial charge in [0.15, 0.2) is 0 Å². The second-order valence-corrected chi connectivity index (χ2v) is 6.57. The Morgan fingerprint density at radius 2 is 1.95 bits per heavy atom. The lowest BCUT2D eigenvalue weighted by molar-refractivity contribution is 0.0910. The summed E-state index contributed by atoms with van der Waals surface area (Å²) in [6, 6.07) is 3.83. The van der Waals surface area contributed by atoms with Crippen molar-refractivity contribution in [2.75, 3.05) is 11.9 Å². The third-order valence-corrected chi connectivity index (χ3v) is 3.65. The van der Waals surface area contributed by atoms with Crippen LogP contribution in [0.15, 0.2) is 12.1 Å². The van der Waals surface area contributed by atoms with Crippen molar-refractivity contribution in [3.63, 3.8) is 0 Å². The van der Waals surface area contributed by atoms with Crippen LogP contribution in [0.2, 0.25) is 0 Å². The van der Waals surface area contributed by atoms with E-state index in [4.69, 9.17) is 0 Å². The predicted molar refractivity (Wildman–Crippen MR) is 88.8 cm³/mol. The second-order valence-electron chi connectivity index (χ2n) is 6.57. The third kappa shape index (κ3) is 5.37. The lowest BCUT2D eigenvalue weighted by Gasteiger charge is -2.28. The molecule has 21 heavy (non-hydrogen) atoms. The molecule has 2 N–H and O–H groups in total. The summed E-state index contributed by atoms with van der Waals surface area (Å²) >= 11 is 0. The highest BCUT2D eigenvalue weighted by atomic mass is 16.1. The van der Waals surface area contributed by atoms with Gasteiger partial charge in [-0.2, -0.15) is 0 Å². The summed E-state index contributed by atoms with van der Waals surface area (Å²) in [5, 5.41) is 6.27. The molecular formula is C17H29N3O. The van der Waals surface area contributed by atoms with Gasteiger partial charge in [-0.1, -0.05) is 34.1 Å². The molecule has 0 saturated carbocycles. The Bertz CT molecular complexity index is 453. The van der Waals surface area contributed by atoms with Crippen molar-refractivity contribution in [1.82, 2.24) is 10.3 Å². The molecule has 1 amide bonds. The number of pyridine rings is 1. The molecule has 0 spiro atoms. The molecule has 0 saturated heterocycles. The van der Waals surface area contributed by atoms with E-state index in [1.165, 1.54) is 0 Å². The van der Waals surface area contributed by atoms with Gasteiger partial charge >= 0.3 is 0 Å². The highest BCUT2D eigenvalue weighted by Gasteiger charge is 2.22. The Balaban J connectivity index is 2.96. The van der Waals surface area contributed by atoms with E-state index < -0.39 is 0 Å². The number of aromatic nitrogens is 1. The zero-order chi connectivity index (χ0) is 16.0. The van der Waals surface area contributed by atoms with Gasteiger partial charge in [-0.05, 0) is 37.8 Å². The highest BCUT2D eigenvalue weighted by molar-refractivity contribution is 5.95. The van der Waals surface area contributed by atoms with E-state index in [0.29, 0.717) is 5.56 Å². The first-order chi connectivity index (χ1) is 9.77.